The van der Waals surface area contributed by atoms with Crippen molar-refractivity contribution in [2.24, 2.45) is 0 Å². The first-order chi connectivity index (χ1) is 5.84. The molecule has 12 heavy (non-hydrogen) atoms. The third-order valence-electron chi connectivity index (χ3n) is 1.95. The fraction of sp³-hybridized carbons (Fsp3) is 0.500. The maximum atomic E-state index is 12.5. The third kappa shape index (κ3) is 1.52. The Bertz CT molecular complexity index is 276. The zero-order chi connectivity index (χ0) is 8.39. The van der Waals surface area contributed by atoms with E-state index in [4.69, 9.17) is 4.74 Å². The normalized spacial score (nSPS) is 17.1. The molecule has 3 nitrogen and oxygen atoms in total. The number of halogens is 1. The van der Waals surface area contributed by atoms with Crippen molar-refractivity contribution in [3.05, 3.63) is 18.3 Å². The van der Waals surface area contributed by atoms with E-state index < -0.39 is 5.95 Å². The SMILES string of the molecule is Fc1cc(OC2CCC2)ncn1. The van der Waals surface area contributed by atoms with Gasteiger partial charge in [0.1, 0.15) is 12.4 Å². The lowest BCUT2D eigenvalue weighted by molar-refractivity contribution is 0.114. The molecule has 0 aromatic carbocycles. The number of hydrogen-bond donors (Lipinski definition) is 0. The Balaban J connectivity index is 2.02. The second kappa shape index (κ2) is 3.05. The molecule has 1 aliphatic rings. The summed E-state index contributed by atoms with van der Waals surface area (Å²) in [4.78, 5) is 7.12. The summed E-state index contributed by atoms with van der Waals surface area (Å²) >= 11 is 0. The first kappa shape index (κ1) is 7.46. The predicted molar refractivity (Wildman–Crippen MR) is 40.3 cm³/mol. The fourth-order valence-corrected chi connectivity index (χ4v) is 1.04. The highest BCUT2D eigenvalue weighted by atomic mass is 19.1. The molecule has 1 heterocycles. The van der Waals surface area contributed by atoms with Crippen LogP contribution in [0.3, 0.4) is 0 Å². The molecular formula is C8H9FN2O. The van der Waals surface area contributed by atoms with Gasteiger partial charge in [-0.15, -0.1) is 0 Å². The molecule has 0 unspecified atom stereocenters. The molecule has 0 amide bonds. The van der Waals surface area contributed by atoms with E-state index in [9.17, 15) is 4.39 Å². The molecular weight excluding hydrogens is 159 g/mol. The first-order valence-corrected chi connectivity index (χ1v) is 3.99. The van der Waals surface area contributed by atoms with E-state index in [1.807, 2.05) is 0 Å². The van der Waals surface area contributed by atoms with Crippen molar-refractivity contribution in [2.75, 3.05) is 0 Å². The van der Waals surface area contributed by atoms with Crippen LogP contribution in [0.1, 0.15) is 19.3 Å². The summed E-state index contributed by atoms with van der Waals surface area (Å²) in [6, 6.07) is 1.21. The summed E-state index contributed by atoms with van der Waals surface area (Å²) in [5, 5.41) is 0. The lowest BCUT2D eigenvalue weighted by atomic mass is 9.96. The molecule has 0 bridgehead atoms. The summed E-state index contributed by atoms with van der Waals surface area (Å²) in [5.41, 5.74) is 0. The molecule has 0 spiro atoms. The van der Waals surface area contributed by atoms with Crippen LogP contribution in [-0.2, 0) is 0 Å². The number of hydrogen-bond acceptors (Lipinski definition) is 3. The van der Waals surface area contributed by atoms with E-state index in [1.54, 1.807) is 0 Å². The quantitative estimate of drug-likeness (QED) is 0.628. The monoisotopic (exact) mass is 168 g/mol. The maximum absolute atomic E-state index is 12.5. The van der Waals surface area contributed by atoms with Crippen molar-refractivity contribution < 1.29 is 9.13 Å². The topological polar surface area (TPSA) is 35.0 Å². The molecule has 64 valence electrons. The van der Waals surface area contributed by atoms with Crippen LogP contribution in [-0.4, -0.2) is 16.1 Å². The summed E-state index contributed by atoms with van der Waals surface area (Å²) in [5.74, 6) is -0.202. The average Bonchev–Trinajstić information content (AvgIpc) is 1.97. The second-order valence-corrected chi connectivity index (χ2v) is 2.85. The Hall–Kier alpha value is -1.19. The maximum Gasteiger partial charge on any atom is 0.219 e. The van der Waals surface area contributed by atoms with Gasteiger partial charge in [-0.2, -0.15) is 4.39 Å². The number of aromatic nitrogens is 2. The van der Waals surface area contributed by atoms with Crippen LogP contribution >= 0.6 is 0 Å². The highest BCUT2D eigenvalue weighted by Crippen LogP contribution is 2.23. The first-order valence-electron chi connectivity index (χ1n) is 3.99. The van der Waals surface area contributed by atoms with Crippen molar-refractivity contribution in [2.45, 2.75) is 25.4 Å². The highest BCUT2D eigenvalue weighted by molar-refractivity contribution is 5.07. The van der Waals surface area contributed by atoms with Gasteiger partial charge in [0, 0.05) is 0 Å². The van der Waals surface area contributed by atoms with Crippen LogP contribution in [0.25, 0.3) is 0 Å². The van der Waals surface area contributed by atoms with E-state index >= 15 is 0 Å². The highest BCUT2D eigenvalue weighted by Gasteiger charge is 2.19. The smallest absolute Gasteiger partial charge is 0.219 e. The minimum Gasteiger partial charge on any atom is -0.474 e. The van der Waals surface area contributed by atoms with Gasteiger partial charge in [-0.3, -0.25) is 0 Å². The largest absolute Gasteiger partial charge is 0.474 e. The lowest BCUT2D eigenvalue weighted by Gasteiger charge is -2.25. The van der Waals surface area contributed by atoms with Gasteiger partial charge in [0.05, 0.1) is 6.07 Å². The van der Waals surface area contributed by atoms with Crippen molar-refractivity contribution in [1.29, 1.82) is 0 Å². The Labute approximate surface area is 69.6 Å². The summed E-state index contributed by atoms with van der Waals surface area (Å²) < 4.78 is 17.8. The predicted octanol–water partition coefficient (Wildman–Crippen LogP) is 1.55. The molecule has 1 aromatic rings. The average molecular weight is 168 g/mol. The number of ether oxygens (including phenoxy) is 1. The summed E-state index contributed by atoms with van der Waals surface area (Å²) in [7, 11) is 0. The van der Waals surface area contributed by atoms with Crippen LogP contribution in [0.5, 0.6) is 5.88 Å². The van der Waals surface area contributed by atoms with Gasteiger partial charge in [-0.1, -0.05) is 0 Å². The van der Waals surface area contributed by atoms with Crippen LogP contribution in [0, 0.1) is 5.95 Å². The minimum atomic E-state index is -0.542. The molecule has 0 N–H and O–H groups in total. The van der Waals surface area contributed by atoms with Crippen molar-refractivity contribution in [1.82, 2.24) is 9.97 Å². The summed E-state index contributed by atoms with van der Waals surface area (Å²) in [6.45, 7) is 0. The Morgan fingerprint density at radius 2 is 2.25 bits per heavy atom. The summed E-state index contributed by atoms with van der Waals surface area (Å²) in [6.07, 6.45) is 4.69. The number of rotatable bonds is 2. The van der Waals surface area contributed by atoms with E-state index in [1.165, 1.54) is 18.8 Å². The zero-order valence-electron chi connectivity index (χ0n) is 6.53. The van der Waals surface area contributed by atoms with Gasteiger partial charge in [0.25, 0.3) is 0 Å². The van der Waals surface area contributed by atoms with Gasteiger partial charge in [0.15, 0.2) is 0 Å². The molecule has 2 rings (SSSR count). The van der Waals surface area contributed by atoms with Gasteiger partial charge in [0.2, 0.25) is 11.8 Å². The van der Waals surface area contributed by atoms with E-state index in [-0.39, 0.29) is 6.10 Å². The molecule has 0 atom stereocenters. The van der Waals surface area contributed by atoms with Crippen molar-refractivity contribution >= 4 is 0 Å². The zero-order valence-corrected chi connectivity index (χ0v) is 6.53. The van der Waals surface area contributed by atoms with Crippen LogP contribution in [0.2, 0.25) is 0 Å². The number of nitrogens with zero attached hydrogens (tertiary/aromatic N) is 2. The molecule has 0 saturated heterocycles. The molecule has 0 aliphatic heterocycles. The molecule has 1 aliphatic carbocycles. The minimum absolute atomic E-state index is 0.235. The molecule has 1 saturated carbocycles. The third-order valence-corrected chi connectivity index (χ3v) is 1.95. The Morgan fingerprint density at radius 1 is 1.42 bits per heavy atom. The van der Waals surface area contributed by atoms with Crippen molar-refractivity contribution in [3.8, 4) is 5.88 Å². The lowest BCUT2D eigenvalue weighted by Crippen LogP contribution is -2.25. The van der Waals surface area contributed by atoms with Crippen LogP contribution < -0.4 is 4.74 Å². The van der Waals surface area contributed by atoms with E-state index in [2.05, 4.69) is 9.97 Å². The molecule has 4 heteroatoms. The Morgan fingerprint density at radius 3 is 2.83 bits per heavy atom. The standard InChI is InChI=1S/C8H9FN2O/c9-7-4-8(11-5-10-7)12-6-2-1-3-6/h4-6H,1-3H2. The van der Waals surface area contributed by atoms with Gasteiger partial charge < -0.3 is 4.74 Å². The fourth-order valence-electron chi connectivity index (χ4n) is 1.04. The van der Waals surface area contributed by atoms with E-state index in [0.29, 0.717) is 5.88 Å². The molecule has 0 radical (unpaired) electrons. The van der Waals surface area contributed by atoms with Crippen LogP contribution in [0.4, 0.5) is 4.39 Å². The molecule has 1 fully saturated rings. The van der Waals surface area contributed by atoms with Crippen LogP contribution in [0.15, 0.2) is 12.4 Å². The van der Waals surface area contributed by atoms with Crippen molar-refractivity contribution in [3.63, 3.8) is 0 Å². The van der Waals surface area contributed by atoms with Gasteiger partial charge in [-0.05, 0) is 19.3 Å². The van der Waals surface area contributed by atoms with E-state index in [0.717, 1.165) is 12.8 Å². The van der Waals surface area contributed by atoms with Gasteiger partial charge >= 0.3 is 0 Å². The molecule has 1 aromatic heterocycles. The van der Waals surface area contributed by atoms with Gasteiger partial charge in [-0.25, -0.2) is 9.97 Å². The Kier molecular flexibility index (Phi) is 1.89. The second-order valence-electron chi connectivity index (χ2n) is 2.85.